The van der Waals surface area contributed by atoms with Crippen molar-refractivity contribution < 1.29 is 9.53 Å². The van der Waals surface area contributed by atoms with Gasteiger partial charge in [0.05, 0.1) is 18.9 Å². The van der Waals surface area contributed by atoms with Crippen molar-refractivity contribution in [2.24, 2.45) is 0 Å². The van der Waals surface area contributed by atoms with Gasteiger partial charge in [-0.2, -0.15) is 5.10 Å². The standard InChI is InChI=1S/C19H17N5O2S/c1-12(13-3-5-15(26-2)6-4-13)21-17-9-14(11-25)22-18(23-17)16-10-20-24-7-8-27-19(16)24/h3-12H,1-2H3,(H,21,22,23)/t12-/m1/s1. The average Bonchev–Trinajstić information content (AvgIpc) is 3.31. The van der Waals surface area contributed by atoms with Crippen LogP contribution in [-0.2, 0) is 0 Å². The number of nitrogens with zero attached hydrogens (tertiary/aromatic N) is 4. The van der Waals surface area contributed by atoms with Gasteiger partial charge in [0.1, 0.15) is 22.1 Å². The Bertz CT molecular complexity index is 1090. The van der Waals surface area contributed by atoms with E-state index in [1.54, 1.807) is 35.2 Å². The summed E-state index contributed by atoms with van der Waals surface area (Å²) in [5.41, 5.74) is 2.20. The van der Waals surface area contributed by atoms with E-state index in [0.29, 0.717) is 17.3 Å². The van der Waals surface area contributed by atoms with Crippen LogP contribution < -0.4 is 10.1 Å². The monoisotopic (exact) mass is 379 g/mol. The molecule has 3 heterocycles. The van der Waals surface area contributed by atoms with Crippen LogP contribution >= 0.6 is 11.3 Å². The molecular weight excluding hydrogens is 362 g/mol. The molecular formula is C19H17N5O2S. The molecule has 4 rings (SSSR count). The van der Waals surface area contributed by atoms with E-state index in [1.807, 2.05) is 42.8 Å². The summed E-state index contributed by atoms with van der Waals surface area (Å²) < 4.78 is 6.96. The van der Waals surface area contributed by atoms with E-state index in [-0.39, 0.29) is 6.04 Å². The molecule has 27 heavy (non-hydrogen) atoms. The maximum atomic E-state index is 11.4. The van der Waals surface area contributed by atoms with Gasteiger partial charge in [0.25, 0.3) is 0 Å². The number of thiazole rings is 1. The quantitative estimate of drug-likeness (QED) is 0.513. The van der Waals surface area contributed by atoms with Crippen LogP contribution in [0.5, 0.6) is 5.75 Å². The maximum Gasteiger partial charge on any atom is 0.168 e. The Balaban J connectivity index is 1.66. The van der Waals surface area contributed by atoms with E-state index in [4.69, 9.17) is 4.74 Å². The van der Waals surface area contributed by atoms with Crippen molar-refractivity contribution in [3.63, 3.8) is 0 Å². The summed E-state index contributed by atoms with van der Waals surface area (Å²) in [6.07, 6.45) is 4.31. The number of hydrogen-bond acceptors (Lipinski definition) is 7. The fourth-order valence-electron chi connectivity index (χ4n) is 2.80. The third kappa shape index (κ3) is 3.39. The van der Waals surface area contributed by atoms with E-state index >= 15 is 0 Å². The van der Waals surface area contributed by atoms with Crippen LogP contribution in [0.4, 0.5) is 5.82 Å². The first-order chi connectivity index (χ1) is 13.2. The Morgan fingerprint density at radius 2 is 2.07 bits per heavy atom. The van der Waals surface area contributed by atoms with Crippen molar-refractivity contribution in [2.45, 2.75) is 13.0 Å². The third-order valence-corrected chi connectivity index (χ3v) is 5.11. The number of nitrogens with one attached hydrogen (secondary N) is 1. The molecule has 0 aliphatic rings. The molecule has 0 saturated heterocycles. The smallest absolute Gasteiger partial charge is 0.168 e. The highest BCUT2D eigenvalue weighted by Crippen LogP contribution is 2.27. The lowest BCUT2D eigenvalue weighted by molar-refractivity contribution is 0.111. The van der Waals surface area contributed by atoms with Gasteiger partial charge in [0.15, 0.2) is 12.1 Å². The summed E-state index contributed by atoms with van der Waals surface area (Å²) in [6.45, 7) is 2.03. The van der Waals surface area contributed by atoms with E-state index in [9.17, 15) is 4.79 Å². The normalized spacial score (nSPS) is 12.1. The Labute approximate surface area is 159 Å². The Hall–Kier alpha value is -3.26. The molecule has 136 valence electrons. The number of carbonyl (C=O) groups excluding carboxylic acids is 1. The number of carbonyl (C=O) groups is 1. The van der Waals surface area contributed by atoms with E-state index in [2.05, 4.69) is 20.4 Å². The summed E-state index contributed by atoms with van der Waals surface area (Å²) in [6, 6.07) is 9.45. The minimum Gasteiger partial charge on any atom is -0.497 e. The summed E-state index contributed by atoms with van der Waals surface area (Å²) in [5, 5.41) is 9.58. The number of benzene rings is 1. The highest BCUT2D eigenvalue weighted by atomic mass is 32.1. The van der Waals surface area contributed by atoms with Gasteiger partial charge in [-0.15, -0.1) is 11.3 Å². The first kappa shape index (κ1) is 17.2. The van der Waals surface area contributed by atoms with Crippen molar-refractivity contribution in [3.05, 3.63) is 59.4 Å². The second-order valence-corrected chi connectivity index (χ2v) is 6.86. The van der Waals surface area contributed by atoms with E-state index < -0.39 is 0 Å². The Morgan fingerprint density at radius 3 is 2.81 bits per heavy atom. The lowest BCUT2D eigenvalue weighted by Gasteiger charge is -2.16. The van der Waals surface area contributed by atoms with Gasteiger partial charge in [-0.25, -0.2) is 14.5 Å². The van der Waals surface area contributed by atoms with Gasteiger partial charge < -0.3 is 10.1 Å². The van der Waals surface area contributed by atoms with Crippen LogP contribution in [0.15, 0.2) is 48.1 Å². The van der Waals surface area contributed by atoms with Gasteiger partial charge in [-0.05, 0) is 24.6 Å². The molecule has 3 aromatic heterocycles. The average molecular weight is 379 g/mol. The molecule has 1 atom stereocenters. The van der Waals surface area contributed by atoms with Crippen molar-refractivity contribution in [1.82, 2.24) is 19.6 Å². The Morgan fingerprint density at radius 1 is 1.26 bits per heavy atom. The number of ether oxygens (including phenoxy) is 1. The predicted octanol–water partition coefficient (Wildman–Crippen LogP) is 3.85. The highest BCUT2D eigenvalue weighted by Gasteiger charge is 2.14. The first-order valence-corrected chi connectivity index (χ1v) is 9.22. The van der Waals surface area contributed by atoms with Crippen LogP contribution in [0.1, 0.15) is 29.0 Å². The van der Waals surface area contributed by atoms with Crippen LogP contribution in [0.25, 0.3) is 16.2 Å². The second kappa shape index (κ2) is 7.16. The Kier molecular flexibility index (Phi) is 4.55. The number of fused-ring (bicyclic) bond motifs is 1. The molecule has 8 heteroatoms. The number of anilines is 1. The number of aldehydes is 1. The van der Waals surface area contributed by atoms with E-state index in [0.717, 1.165) is 28.0 Å². The largest absolute Gasteiger partial charge is 0.497 e. The summed E-state index contributed by atoms with van der Waals surface area (Å²) in [7, 11) is 1.64. The third-order valence-electron chi connectivity index (χ3n) is 4.22. The summed E-state index contributed by atoms with van der Waals surface area (Å²) in [5.74, 6) is 1.86. The zero-order valence-electron chi connectivity index (χ0n) is 14.8. The number of rotatable bonds is 6. The molecule has 1 N–H and O–H groups in total. The SMILES string of the molecule is COc1ccc([C@@H](C)Nc2cc(C=O)nc(-c3cnn4ccsc34)n2)cc1. The zero-order valence-corrected chi connectivity index (χ0v) is 15.6. The van der Waals surface area contributed by atoms with Crippen LogP contribution in [0, 0.1) is 0 Å². The lowest BCUT2D eigenvalue weighted by atomic mass is 10.1. The molecule has 0 aliphatic heterocycles. The summed E-state index contributed by atoms with van der Waals surface area (Å²) in [4.78, 5) is 21.3. The molecule has 0 fully saturated rings. The fraction of sp³-hybridized carbons (Fsp3) is 0.158. The van der Waals surface area contributed by atoms with Crippen molar-refractivity contribution in [1.29, 1.82) is 0 Å². The minimum atomic E-state index is -0.00734. The van der Waals surface area contributed by atoms with Crippen LogP contribution in [0.3, 0.4) is 0 Å². The van der Waals surface area contributed by atoms with Gasteiger partial charge >= 0.3 is 0 Å². The molecule has 0 spiro atoms. The number of aromatic nitrogens is 4. The van der Waals surface area contributed by atoms with Gasteiger partial charge in [-0.3, -0.25) is 4.79 Å². The van der Waals surface area contributed by atoms with Gasteiger partial charge in [-0.1, -0.05) is 12.1 Å². The molecule has 1 aromatic carbocycles. The summed E-state index contributed by atoms with van der Waals surface area (Å²) >= 11 is 1.55. The molecule has 0 amide bonds. The number of hydrogen-bond donors (Lipinski definition) is 1. The number of methoxy groups -OCH3 is 1. The van der Waals surface area contributed by atoms with Crippen molar-refractivity contribution in [2.75, 3.05) is 12.4 Å². The first-order valence-electron chi connectivity index (χ1n) is 8.34. The molecule has 0 radical (unpaired) electrons. The van der Waals surface area contributed by atoms with Crippen molar-refractivity contribution >= 4 is 28.3 Å². The molecule has 4 aromatic rings. The zero-order chi connectivity index (χ0) is 18.8. The minimum absolute atomic E-state index is 0.00734. The molecule has 0 aliphatic carbocycles. The van der Waals surface area contributed by atoms with Crippen LogP contribution in [-0.4, -0.2) is 33.0 Å². The van der Waals surface area contributed by atoms with E-state index in [1.165, 1.54) is 0 Å². The van der Waals surface area contributed by atoms with Gasteiger partial charge in [0, 0.05) is 23.7 Å². The maximum absolute atomic E-state index is 11.4. The fourth-order valence-corrected chi connectivity index (χ4v) is 3.59. The molecule has 7 nitrogen and oxygen atoms in total. The molecule has 0 unspecified atom stereocenters. The van der Waals surface area contributed by atoms with Crippen molar-refractivity contribution in [3.8, 4) is 17.1 Å². The molecule has 0 saturated carbocycles. The second-order valence-electron chi connectivity index (χ2n) is 5.97. The predicted molar refractivity (Wildman–Crippen MR) is 105 cm³/mol. The van der Waals surface area contributed by atoms with Crippen LogP contribution in [0.2, 0.25) is 0 Å². The van der Waals surface area contributed by atoms with Gasteiger partial charge in [0.2, 0.25) is 0 Å². The highest BCUT2D eigenvalue weighted by molar-refractivity contribution is 7.16. The molecule has 0 bridgehead atoms. The lowest BCUT2D eigenvalue weighted by Crippen LogP contribution is -2.09. The topological polar surface area (TPSA) is 81.4 Å².